The minimum Gasteiger partial charge on any atom is -0.493 e. The maximum absolute atomic E-state index is 14.3. The van der Waals surface area contributed by atoms with Crippen LogP contribution < -0.4 is 25.4 Å². The summed E-state index contributed by atoms with van der Waals surface area (Å²) in [5.41, 5.74) is 8.43. The lowest BCUT2D eigenvalue weighted by Gasteiger charge is -2.21. The second-order valence-electron chi connectivity index (χ2n) is 6.53. The summed E-state index contributed by atoms with van der Waals surface area (Å²) in [5.74, 6) is 1.49. The van der Waals surface area contributed by atoms with Gasteiger partial charge in [0.15, 0.2) is 17.5 Å². The molecule has 0 aliphatic heterocycles. The van der Waals surface area contributed by atoms with Crippen LogP contribution in [0.3, 0.4) is 0 Å². The summed E-state index contributed by atoms with van der Waals surface area (Å²) in [6, 6.07) is 11.0. The molecule has 0 saturated carbocycles. The van der Waals surface area contributed by atoms with Crippen LogP contribution in [0.5, 0.6) is 11.5 Å². The minimum atomic E-state index is -0.235. The number of hydrogen-bond acceptors (Lipinski definition) is 4. The summed E-state index contributed by atoms with van der Waals surface area (Å²) in [6.45, 7) is 6.50. The monoisotopic (exact) mass is 402 g/mol. The predicted molar refractivity (Wildman–Crippen MR) is 117 cm³/mol. The Morgan fingerprint density at radius 1 is 1.03 bits per heavy atom. The number of benzene rings is 2. The molecular weight excluding hydrogens is 371 g/mol. The SMILES string of the molecule is CCN(CC)c1ccc(CN=C(N)NCCc2ccc(OC)c(OC)c2)cc1F. The van der Waals surface area contributed by atoms with Gasteiger partial charge in [-0.05, 0) is 55.7 Å². The van der Waals surface area contributed by atoms with Gasteiger partial charge >= 0.3 is 0 Å². The van der Waals surface area contributed by atoms with Crippen molar-refractivity contribution in [1.82, 2.24) is 5.32 Å². The molecule has 7 heteroatoms. The Balaban J connectivity index is 1.88. The standard InChI is InChI=1S/C22H31FN4O2/c1-5-27(6-2)19-9-7-17(13-18(19)23)15-26-22(24)25-12-11-16-8-10-20(28-3)21(14-16)29-4/h7-10,13-14H,5-6,11-12,15H2,1-4H3,(H3,24,25,26). The third-order valence-electron chi connectivity index (χ3n) is 4.72. The fraction of sp³-hybridized carbons (Fsp3) is 0.409. The first-order chi connectivity index (χ1) is 14.0. The highest BCUT2D eigenvalue weighted by Gasteiger charge is 2.09. The molecule has 0 aliphatic carbocycles. The largest absolute Gasteiger partial charge is 0.493 e. The van der Waals surface area contributed by atoms with E-state index in [-0.39, 0.29) is 5.82 Å². The number of nitrogens with one attached hydrogen (secondary N) is 1. The number of aliphatic imine (C=N–C) groups is 1. The van der Waals surface area contributed by atoms with Crippen LogP contribution in [-0.4, -0.2) is 39.8 Å². The van der Waals surface area contributed by atoms with E-state index >= 15 is 0 Å². The molecule has 0 bridgehead atoms. The maximum atomic E-state index is 14.3. The van der Waals surface area contributed by atoms with Crippen molar-refractivity contribution in [3.8, 4) is 11.5 Å². The van der Waals surface area contributed by atoms with Crippen LogP contribution in [0.25, 0.3) is 0 Å². The summed E-state index contributed by atoms with van der Waals surface area (Å²) >= 11 is 0. The molecular formula is C22H31FN4O2. The van der Waals surface area contributed by atoms with Crippen LogP contribution in [0.1, 0.15) is 25.0 Å². The van der Waals surface area contributed by atoms with E-state index in [0.717, 1.165) is 30.6 Å². The van der Waals surface area contributed by atoms with Gasteiger partial charge in [-0.2, -0.15) is 0 Å². The third-order valence-corrected chi connectivity index (χ3v) is 4.72. The van der Waals surface area contributed by atoms with E-state index in [0.29, 0.717) is 36.2 Å². The summed E-state index contributed by atoms with van der Waals surface area (Å²) in [5, 5.41) is 3.08. The molecule has 0 radical (unpaired) electrons. The van der Waals surface area contributed by atoms with Crippen molar-refractivity contribution >= 4 is 11.6 Å². The molecule has 0 fully saturated rings. The van der Waals surface area contributed by atoms with E-state index in [1.54, 1.807) is 20.3 Å². The van der Waals surface area contributed by atoms with Gasteiger partial charge in [0, 0.05) is 19.6 Å². The predicted octanol–water partition coefficient (Wildman–Crippen LogP) is 3.34. The summed E-state index contributed by atoms with van der Waals surface area (Å²) in [4.78, 5) is 6.28. The van der Waals surface area contributed by atoms with Crippen LogP contribution in [0.15, 0.2) is 41.4 Å². The van der Waals surface area contributed by atoms with Crippen LogP contribution in [0.4, 0.5) is 10.1 Å². The lowest BCUT2D eigenvalue weighted by atomic mass is 10.1. The first kappa shape index (κ1) is 22.3. The fourth-order valence-corrected chi connectivity index (χ4v) is 3.07. The van der Waals surface area contributed by atoms with E-state index in [4.69, 9.17) is 15.2 Å². The highest BCUT2D eigenvalue weighted by molar-refractivity contribution is 5.77. The van der Waals surface area contributed by atoms with Crippen LogP contribution in [-0.2, 0) is 13.0 Å². The molecule has 0 heterocycles. The van der Waals surface area contributed by atoms with Gasteiger partial charge in [0.1, 0.15) is 5.82 Å². The van der Waals surface area contributed by atoms with Crippen molar-refractivity contribution in [2.75, 3.05) is 38.8 Å². The van der Waals surface area contributed by atoms with Gasteiger partial charge in [0.25, 0.3) is 0 Å². The van der Waals surface area contributed by atoms with E-state index < -0.39 is 0 Å². The second-order valence-corrected chi connectivity index (χ2v) is 6.53. The molecule has 6 nitrogen and oxygen atoms in total. The Morgan fingerprint density at radius 2 is 1.72 bits per heavy atom. The fourth-order valence-electron chi connectivity index (χ4n) is 3.07. The normalized spacial score (nSPS) is 11.3. The minimum absolute atomic E-state index is 0.235. The Kier molecular flexibility index (Phi) is 8.58. The molecule has 0 amide bonds. The first-order valence-electron chi connectivity index (χ1n) is 9.80. The molecule has 0 spiro atoms. The summed E-state index contributed by atoms with van der Waals surface area (Å²) in [6.07, 6.45) is 0.754. The molecule has 2 rings (SSSR count). The number of anilines is 1. The average Bonchev–Trinajstić information content (AvgIpc) is 2.74. The molecule has 2 aromatic carbocycles. The van der Waals surface area contributed by atoms with Crippen LogP contribution in [0, 0.1) is 5.82 Å². The highest BCUT2D eigenvalue weighted by Crippen LogP contribution is 2.27. The van der Waals surface area contributed by atoms with Crippen molar-refractivity contribution in [3.05, 3.63) is 53.3 Å². The van der Waals surface area contributed by atoms with Gasteiger partial charge in [-0.3, -0.25) is 0 Å². The number of ether oxygens (including phenoxy) is 2. The molecule has 0 atom stereocenters. The Hall–Kier alpha value is -2.96. The smallest absolute Gasteiger partial charge is 0.188 e. The molecule has 29 heavy (non-hydrogen) atoms. The van der Waals surface area contributed by atoms with E-state index in [1.807, 2.05) is 43.0 Å². The number of halogens is 1. The number of rotatable bonds is 10. The van der Waals surface area contributed by atoms with Gasteiger partial charge in [-0.15, -0.1) is 0 Å². The molecule has 0 saturated heterocycles. The number of nitrogens with two attached hydrogens (primary N) is 1. The first-order valence-corrected chi connectivity index (χ1v) is 9.80. The van der Waals surface area contributed by atoms with Gasteiger partial charge in [0.05, 0.1) is 26.5 Å². The third kappa shape index (κ3) is 6.27. The Labute approximate surface area is 172 Å². The van der Waals surface area contributed by atoms with Crippen molar-refractivity contribution in [2.24, 2.45) is 10.7 Å². The van der Waals surface area contributed by atoms with Crippen molar-refractivity contribution < 1.29 is 13.9 Å². The van der Waals surface area contributed by atoms with Gasteiger partial charge in [-0.1, -0.05) is 12.1 Å². The second kappa shape index (κ2) is 11.1. The molecule has 0 aliphatic rings. The van der Waals surface area contributed by atoms with Gasteiger partial charge < -0.3 is 25.4 Å². The lowest BCUT2D eigenvalue weighted by Crippen LogP contribution is -2.33. The number of hydrogen-bond donors (Lipinski definition) is 2. The molecule has 158 valence electrons. The topological polar surface area (TPSA) is 72.1 Å². The maximum Gasteiger partial charge on any atom is 0.188 e. The van der Waals surface area contributed by atoms with E-state index in [2.05, 4.69) is 10.3 Å². The molecule has 3 N–H and O–H groups in total. The molecule has 0 aromatic heterocycles. The summed E-state index contributed by atoms with van der Waals surface area (Å²) in [7, 11) is 3.22. The number of nitrogens with zero attached hydrogens (tertiary/aromatic N) is 2. The van der Waals surface area contributed by atoms with E-state index in [9.17, 15) is 4.39 Å². The summed E-state index contributed by atoms with van der Waals surface area (Å²) < 4.78 is 24.9. The molecule has 2 aromatic rings. The number of methoxy groups -OCH3 is 2. The highest BCUT2D eigenvalue weighted by atomic mass is 19.1. The zero-order valence-electron chi connectivity index (χ0n) is 17.7. The van der Waals surface area contributed by atoms with Crippen molar-refractivity contribution in [1.29, 1.82) is 0 Å². The number of guanidine groups is 1. The zero-order valence-corrected chi connectivity index (χ0v) is 17.7. The Bertz CT molecular complexity index is 822. The van der Waals surface area contributed by atoms with E-state index in [1.165, 1.54) is 6.07 Å². The van der Waals surface area contributed by atoms with Crippen molar-refractivity contribution in [2.45, 2.75) is 26.8 Å². The molecule has 0 unspecified atom stereocenters. The quantitative estimate of drug-likeness (QED) is 0.471. The van der Waals surface area contributed by atoms with Gasteiger partial charge in [0.2, 0.25) is 0 Å². The van der Waals surface area contributed by atoms with Crippen LogP contribution >= 0.6 is 0 Å². The zero-order chi connectivity index (χ0) is 21.2. The lowest BCUT2D eigenvalue weighted by molar-refractivity contribution is 0.354. The van der Waals surface area contributed by atoms with Crippen LogP contribution in [0.2, 0.25) is 0 Å². The average molecular weight is 403 g/mol. The van der Waals surface area contributed by atoms with Gasteiger partial charge in [-0.25, -0.2) is 9.38 Å². The Morgan fingerprint density at radius 3 is 2.34 bits per heavy atom. The van der Waals surface area contributed by atoms with Crippen molar-refractivity contribution in [3.63, 3.8) is 0 Å².